The van der Waals surface area contributed by atoms with Gasteiger partial charge in [0.15, 0.2) is 17.1 Å². The minimum Gasteiger partial charge on any atom is -0.443 e. The van der Waals surface area contributed by atoms with Crippen molar-refractivity contribution in [3.63, 3.8) is 0 Å². The molecule has 0 unspecified atom stereocenters. The van der Waals surface area contributed by atoms with Crippen LogP contribution in [0.25, 0.3) is 0 Å². The largest absolute Gasteiger partial charge is 0.443 e. The van der Waals surface area contributed by atoms with E-state index in [1.807, 2.05) is 0 Å². The van der Waals surface area contributed by atoms with Gasteiger partial charge in [-0.15, -0.1) is 0 Å². The summed E-state index contributed by atoms with van der Waals surface area (Å²) in [7, 11) is 0. The summed E-state index contributed by atoms with van der Waals surface area (Å²) in [6.07, 6.45) is 2.76. The number of carbonyl (C=O) groups excluding carboxylic acids is 1. The fraction of sp³-hybridized carbons (Fsp3) is 0.400. The molecule has 0 N–H and O–H groups in total. The Morgan fingerprint density at radius 1 is 1.25 bits per heavy atom. The molecule has 0 bridgehead atoms. The van der Waals surface area contributed by atoms with E-state index in [2.05, 4.69) is 5.16 Å². The van der Waals surface area contributed by atoms with Crippen LogP contribution in [0.5, 0.6) is 0 Å². The molecule has 2 aliphatic rings. The van der Waals surface area contributed by atoms with E-state index in [9.17, 15) is 13.6 Å². The van der Waals surface area contributed by atoms with Gasteiger partial charge in [0.1, 0.15) is 17.3 Å². The zero-order chi connectivity index (χ0) is 19.7. The van der Waals surface area contributed by atoms with Gasteiger partial charge in [0.25, 0.3) is 0 Å². The van der Waals surface area contributed by atoms with Crippen LogP contribution in [-0.2, 0) is 16.2 Å². The van der Waals surface area contributed by atoms with Gasteiger partial charge >= 0.3 is 0 Å². The van der Waals surface area contributed by atoms with Gasteiger partial charge in [-0.3, -0.25) is 4.79 Å². The second-order valence-electron chi connectivity index (χ2n) is 7.16. The molecule has 28 heavy (non-hydrogen) atoms. The van der Waals surface area contributed by atoms with Gasteiger partial charge in [-0.2, -0.15) is 0 Å². The van der Waals surface area contributed by atoms with Crippen LogP contribution in [0.3, 0.4) is 0 Å². The van der Waals surface area contributed by atoms with Gasteiger partial charge in [-0.05, 0) is 42.6 Å². The van der Waals surface area contributed by atoms with Gasteiger partial charge in [-0.1, -0.05) is 17.6 Å². The van der Waals surface area contributed by atoms with Crippen molar-refractivity contribution in [2.24, 2.45) is 11.1 Å². The lowest BCUT2D eigenvalue weighted by Crippen LogP contribution is -2.42. The summed E-state index contributed by atoms with van der Waals surface area (Å²) in [5.41, 5.74) is 0.881. The number of nitrogens with zero attached hydrogens (tertiary/aromatic N) is 2. The Morgan fingerprint density at radius 2 is 2.07 bits per heavy atom. The topological polar surface area (TPSA) is 55.0 Å². The molecule has 5 nitrogen and oxygen atoms in total. The highest BCUT2D eigenvalue weighted by Gasteiger charge is 2.33. The zero-order valence-corrected chi connectivity index (χ0v) is 15.8. The standard InChI is InChI=1S/C20H19ClF2N2O3/c21-19-7-6-18(27-19)17-9-15(28-24-17)11-25(20(26)12-2-1-3-12)10-13-4-5-14(22)8-16(13)23/h4-8,12,15H,1-3,9-11H2/t15-/m0/s1. The molecular formula is C20H19ClF2N2O3. The molecular weight excluding hydrogens is 390 g/mol. The van der Waals surface area contributed by atoms with E-state index in [1.54, 1.807) is 17.0 Å². The maximum atomic E-state index is 14.1. The second kappa shape index (κ2) is 7.91. The Labute approximate surface area is 165 Å². The number of carbonyl (C=O) groups is 1. The molecule has 148 valence electrons. The number of furan rings is 1. The molecule has 1 atom stereocenters. The first-order chi connectivity index (χ1) is 13.5. The third-order valence-corrected chi connectivity index (χ3v) is 5.36. The summed E-state index contributed by atoms with van der Waals surface area (Å²) < 4.78 is 32.7. The average Bonchev–Trinajstić information content (AvgIpc) is 3.23. The van der Waals surface area contributed by atoms with E-state index in [0.29, 0.717) is 17.9 Å². The van der Waals surface area contributed by atoms with Gasteiger partial charge < -0.3 is 14.2 Å². The molecule has 2 heterocycles. The number of rotatable bonds is 6. The molecule has 1 aromatic carbocycles. The highest BCUT2D eigenvalue weighted by Crippen LogP contribution is 2.30. The third-order valence-electron chi connectivity index (χ3n) is 5.16. The highest BCUT2D eigenvalue weighted by molar-refractivity contribution is 6.29. The number of hydrogen-bond acceptors (Lipinski definition) is 4. The zero-order valence-electron chi connectivity index (χ0n) is 15.0. The van der Waals surface area contributed by atoms with E-state index in [0.717, 1.165) is 25.3 Å². The fourth-order valence-corrected chi connectivity index (χ4v) is 3.53. The normalized spacial score (nSPS) is 19.1. The first kappa shape index (κ1) is 18.9. The van der Waals surface area contributed by atoms with E-state index in [4.69, 9.17) is 20.9 Å². The van der Waals surface area contributed by atoms with Crippen LogP contribution in [-0.4, -0.2) is 29.2 Å². The number of oxime groups is 1. The number of benzene rings is 1. The van der Waals surface area contributed by atoms with Crippen LogP contribution in [0.2, 0.25) is 5.22 Å². The molecule has 1 aliphatic heterocycles. The van der Waals surface area contributed by atoms with Crippen molar-refractivity contribution < 1.29 is 22.8 Å². The molecule has 0 saturated heterocycles. The molecule has 1 fully saturated rings. The van der Waals surface area contributed by atoms with Crippen LogP contribution in [0, 0.1) is 17.6 Å². The number of amides is 1. The lowest BCUT2D eigenvalue weighted by molar-refractivity contribution is -0.140. The summed E-state index contributed by atoms with van der Waals surface area (Å²) in [5.74, 6) is -0.871. The first-order valence-electron chi connectivity index (χ1n) is 9.20. The molecule has 4 rings (SSSR count). The third kappa shape index (κ3) is 4.04. The van der Waals surface area contributed by atoms with Crippen molar-refractivity contribution in [3.05, 3.63) is 58.5 Å². The molecule has 1 aliphatic carbocycles. The molecule has 8 heteroatoms. The number of halogens is 3. The summed E-state index contributed by atoms with van der Waals surface area (Å²) in [4.78, 5) is 19.9. The minimum atomic E-state index is -0.666. The van der Waals surface area contributed by atoms with E-state index in [-0.39, 0.29) is 41.8 Å². The van der Waals surface area contributed by atoms with Crippen molar-refractivity contribution in [2.75, 3.05) is 6.54 Å². The predicted octanol–water partition coefficient (Wildman–Crippen LogP) is 4.53. The molecule has 0 radical (unpaired) electrons. The number of hydrogen-bond donors (Lipinski definition) is 0. The Balaban J connectivity index is 1.46. The van der Waals surface area contributed by atoms with Crippen LogP contribution >= 0.6 is 11.6 Å². The van der Waals surface area contributed by atoms with E-state index >= 15 is 0 Å². The monoisotopic (exact) mass is 408 g/mol. The molecule has 1 amide bonds. The Bertz CT molecular complexity index is 911. The average molecular weight is 409 g/mol. The highest BCUT2D eigenvalue weighted by atomic mass is 35.5. The Kier molecular flexibility index (Phi) is 5.35. The fourth-order valence-electron chi connectivity index (χ4n) is 3.39. The van der Waals surface area contributed by atoms with E-state index < -0.39 is 11.6 Å². The Morgan fingerprint density at radius 3 is 2.71 bits per heavy atom. The SMILES string of the molecule is O=C(C1CCC1)N(Cc1ccc(F)cc1F)C[C@@H]1CC(c2ccc(Cl)o2)=NO1. The van der Waals surface area contributed by atoms with E-state index in [1.165, 1.54) is 12.1 Å². The van der Waals surface area contributed by atoms with Gasteiger partial charge in [-0.25, -0.2) is 8.78 Å². The smallest absolute Gasteiger partial charge is 0.226 e. The maximum Gasteiger partial charge on any atom is 0.226 e. The molecule has 2 aromatic rings. The maximum absolute atomic E-state index is 14.1. The predicted molar refractivity (Wildman–Crippen MR) is 98.9 cm³/mol. The van der Waals surface area contributed by atoms with Crippen LogP contribution in [0.1, 0.15) is 37.0 Å². The van der Waals surface area contributed by atoms with Crippen LogP contribution in [0.15, 0.2) is 39.9 Å². The summed E-state index contributed by atoms with van der Waals surface area (Å²) in [5, 5.41) is 4.29. The minimum absolute atomic E-state index is 0.0342. The Hall–Kier alpha value is -2.41. The van der Waals surface area contributed by atoms with Crippen LogP contribution < -0.4 is 0 Å². The van der Waals surface area contributed by atoms with Crippen molar-refractivity contribution in [1.82, 2.24) is 4.90 Å². The second-order valence-corrected chi connectivity index (χ2v) is 7.53. The summed E-state index contributed by atoms with van der Waals surface area (Å²) >= 11 is 5.80. The lowest BCUT2D eigenvalue weighted by Gasteiger charge is -2.32. The lowest BCUT2D eigenvalue weighted by atomic mass is 9.84. The molecule has 0 spiro atoms. The van der Waals surface area contributed by atoms with Crippen molar-refractivity contribution in [2.45, 2.75) is 38.3 Å². The summed E-state index contributed by atoms with van der Waals surface area (Å²) in [6.45, 7) is 0.316. The summed E-state index contributed by atoms with van der Waals surface area (Å²) in [6, 6.07) is 6.72. The van der Waals surface area contributed by atoms with Gasteiger partial charge in [0.05, 0.1) is 6.54 Å². The van der Waals surface area contributed by atoms with Crippen molar-refractivity contribution >= 4 is 23.2 Å². The van der Waals surface area contributed by atoms with Gasteiger partial charge in [0.2, 0.25) is 5.91 Å². The molecule has 1 saturated carbocycles. The van der Waals surface area contributed by atoms with Crippen LogP contribution in [0.4, 0.5) is 8.78 Å². The van der Waals surface area contributed by atoms with Crippen molar-refractivity contribution in [3.8, 4) is 0 Å². The van der Waals surface area contributed by atoms with Crippen molar-refractivity contribution in [1.29, 1.82) is 0 Å². The quantitative estimate of drug-likeness (QED) is 0.705. The first-order valence-corrected chi connectivity index (χ1v) is 9.58. The van der Waals surface area contributed by atoms with Gasteiger partial charge in [0, 0.05) is 30.5 Å². The molecule has 1 aromatic heterocycles.